The predicted octanol–water partition coefficient (Wildman–Crippen LogP) is 22.1. The second-order valence-electron chi connectivity index (χ2n) is 22.1. The van der Waals surface area contributed by atoms with Crippen molar-refractivity contribution >= 4 is 111 Å². The molecule has 0 radical (unpaired) electrons. The summed E-state index contributed by atoms with van der Waals surface area (Å²) in [4.78, 5) is 9.80. The Kier molecular flexibility index (Phi) is 12.7. The molecule has 0 aliphatic heterocycles. The Morgan fingerprint density at radius 2 is 0.350 bits per heavy atom. The first kappa shape index (κ1) is 49.9. The molecule has 0 saturated carbocycles. The number of anilines is 12. The Morgan fingerprint density at radius 1 is 0.163 bits per heavy atom. The van der Waals surface area contributed by atoms with Gasteiger partial charge in [0.1, 0.15) is 0 Å². The van der Waals surface area contributed by atoms with Crippen LogP contribution in [0.2, 0.25) is 0 Å². The van der Waals surface area contributed by atoms with Gasteiger partial charge in [-0.25, -0.2) is 0 Å². The summed E-state index contributed by atoms with van der Waals surface area (Å²) < 4.78 is 0. The molecule has 0 aliphatic carbocycles. The van der Waals surface area contributed by atoms with Crippen LogP contribution in [0.25, 0.3) is 43.1 Å². The van der Waals surface area contributed by atoms with Crippen molar-refractivity contribution < 1.29 is 0 Å². The Hall–Kier alpha value is -9.64. The van der Waals surface area contributed by atoms with Crippen LogP contribution in [0, 0.1) is 55.4 Å². The molecular weight excluding hydrogens is 969 g/mol. The summed E-state index contributed by atoms with van der Waals surface area (Å²) in [6, 6.07) is 91.2. The van der Waals surface area contributed by atoms with Gasteiger partial charge in [-0.15, -0.1) is 0 Å². The standard InChI is InChI=1S/C76H64N4/c1-49-9-25-57(26-10-49)77(58-27-11-50(2)12-28-58)65-45-69-70-46-66(78(59-29-13-51(3)14-30-59)60-31-15-52(4)16-32-60)48-72-74(80(63-37-21-55(7)22-38-63)64-39-23-56(8)24-40-64)44-42-68(76(70)72)67-41-43-73(71(47-65)75(67)69)79(61-33-17-53(5)18-34-61)62-35-19-54(6)20-36-62/h9-48H,1-8H3. The number of nitrogens with zero attached hydrogens (tertiary/aromatic N) is 4. The first-order valence-electron chi connectivity index (χ1n) is 27.9. The van der Waals surface area contributed by atoms with E-state index >= 15 is 0 Å². The molecule has 0 heterocycles. The highest BCUT2D eigenvalue weighted by Crippen LogP contribution is 2.53. The molecule has 4 nitrogen and oxygen atoms in total. The van der Waals surface area contributed by atoms with Gasteiger partial charge in [-0.3, -0.25) is 0 Å². The van der Waals surface area contributed by atoms with Gasteiger partial charge in [-0.05, 0) is 221 Å². The summed E-state index contributed by atoms with van der Waals surface area (Å²) in [6.07, 6.45) is 0. The molecule has 0 spiro atoms. The Bertz CT molecular complexity index is 3900. The maximum Gasteiger partial charge on any atom is 0.0541 e. The molecular formula is C76H64N4. The number of rotatable bonds is 12. The molecule has 0 aliphatic rings. The van der Waals surface area contributed by atoms with Crippen molar-refractivity contribution in [2.45, 2.75) is 55.4 Å². The summed E-state index contributed by atoms with van der Waals surface area (Å²) in [5, 5.41) is 9.50. The van der Waals surface area contributed by atoms with Crippen molar-refractivity contribution in [2.24, 2.45) is 0 Å². The van der Waals surface area contributed by atoms with Crippen molar-refractivity contribution in [1.82, 2.24) is 0 Å². The largest absolute Gasteiger partial charge is 0.310 e. The topological polar surface area (TPSA) is 13.0 Å². The summed E-state index contributed by atoms with van der Waals surface area (Å²) in [5.74, 6) is 0. The highest BCUT2D eigenvalue weighted by atomic mass is 15.2. The van der Waals surface area contributed by atoms with Crippen molar-refractivity contribution in [3.63, 3.8) is 0 Å². The zero-order valence-electron chi connectivity index (χ0n) is 46.9. The van der Waals surface area contributed by atoms with Crippen LogP contribution in [0.5, 0.6) is 0 Å². The van der Waals surface area contributed by atoms with Crippen LogP contribution in [0.4, 0.5) is 68.2 Å². The van der Waals surface area contributed by atoms with Crippen molar-refractivity contribution in [3.8, 4) is 0 Å². The zero-order chi connectivity index (χ0) is 54.8. The number of hydrogen-bond acceptors (Lipinski definition) is 4. The van der Waals surface area contributed by atoms with Gasteiger partial charge < -0.3 is 19.6 Å². The normalized spacial score (nSPS) is 11.5. The third-order valence-corrected chi connectivity index (χ3v) is 16.1. The molecule has 0 unspecified atom stereocenters. The maximum absolute atomic E-state index is 2.48. The van der Waals surface area contributed by atoms with E-state index in [-0.39, 0.29) is 0 Å². The van der Waals surface area contributed by atoms with Gasteiger partial charge in [-0.2, -0.15) is 0 Å². The average molecular weight is 1030 g/mol. The third-order valence-electron chi connectivity index (χ3n) is 16.1. The van der Waals surface area contributed by atoms with E-state index in [2.05, 4.69) is 318 Å². The maximum atomic E-state index is 2.48. The van der Waals surface area contributed by atoms with Crippen LogP contribution >= 0.6 is 0 Å². The van der Waals surface area contributed by atoms with Gasteiger partial charge in [0.25, 0.3) is 0 Å². The second kappa shape index (κ2) is 20.3. The highest BCUT2D eigenvalue weighted by Gasteiger charge is 2.27. The Morgan fingerprint density at radius 3 is 0.562 bits per heavy atom. The van der Waals surface area contributed by atoms with Crippen molar-refractivity contribution in [1.29, 1.82) is 0 Å². The molecule has 0 saturated heterocycles. The van der Waals surface area contributed by atoms with E-state index in [1.54, 1.807) is 0 Å². The lowest BCUT2D eigenvalue weighted by Gasteiger charge is -2.32. The smallest absolute Gasteiger partial charge is 0.0541 e. The first-order valence-corrected chi connectivity index (χ1v) is 27.9. The Balaban J connectivity index is 1.22. The number of fused-ring (bicyclic) bond motifs is 2. The molecule has 13 aromatic carbocycles. The van der Waals surface area contributed by atoms with Crippen LogP contribution < -0.4 is 19.6 Å². The fourth-order valence-electron chi connectivity index (χ4n) is 11.7. The third kappa shape index (κ3) is 9.13. The molecule has 0 bridgehead atoms. The second-order valence-corrected chi connectivity index (χ2v) is 22.1. The molecule has 0 aromatic heterocycles. The lowest BCUT2D eigenvalue weighted by molar-refractivity contribution is 1.27. The van der Waals surface area contributed by atoms with E-state index in [0.717, 1.165) is 79.0 Å². The monoisotopic (exact) mass is 1030 g/mol. The molecule has 0 fully saturated rings. The summed E-state index contributed by atoms with van der Waals surface area (Å²) in [5.41, 5.74) is 22.8. The minimum absolute atomic E-state index is 1.07. The molecule has 4 heteroatoms. The van der Waals surface area contributed by atoms with Gasteiger partial charge in [0.15, 0.2) is 0 Å². The fourth-order valence-corrected chi connectivity index (χ4v) is 11.7. The van der Waals surface area contributed by atoms with Crippen LogP contribution in [0.1, 0.15) is 44.5 Å². The average Bonchev–Trinajstić information content (AvgIpc) is 2.15. The molecule has 80 heavy (non-hydrogen) atoms. The van der Waals surface area contributed by atoms with E-state index in [9.17, 15) is 0 Å². The van der Waals surface area contributed by atoms with Gasteiger partial charge in [0.05, 0.1) is 11.4 Å². The molecule has 0 amide bonds. The van der Waals surface area contributed by atoms with E-state index in [1.807, 2.05) is 0 Å². The highest BCUT2D eigenvalue weighted by molar-refractivity contribution is 6.36. The minimum atomic E-state index is 1.07. The van der Waals surface area contributed by atoms with Crippen LogP contribution in [-0.4, -0.2) is 0 Å². The van der Waals surface area contributed by atoms with E-state index in [0.29, 0.717) is 0 Å². The van der Waals surface area contributed by atoms with E-state index in [1.165, 1.54) is 76.8 Å². The number of benzene rings is 13. The lowest BCUT2D eigenvalue weighted by Crippen LogP contribution is -2.13. The summed E-state index contributed by atoms with van der Waals surface area (Å²) in [7, 11) is 0. The SMILES string of the molecule is Cc1ccc(N(c2ccc(C)cc2)c2cc3c(N(c4ccc(C)cc4)c4ccc(C)cc4)ccc4c5ccc(N(c6ccc(C)cc6)c6ccc(C)cc6)c6cc(N(c7ccc(C)cc7)c7ccc(C)cc7)cc(c(c2)c34)c65)cc1. The fraction of sp³-hybridized carbons (Fsp3) is 0.105. The van der Waals surface area contributed by atoms with Crippen LogP contribution in [-0.2, 0) is 0 Å². The predicted molar refractivity (Wildman–Crippen MR) is 344 cm³/mol. The summed E-state index contributed by atoms with van der Waals surface area (Å²) in [6.45, 7) is 17.3. The van der Waals surface area contributed by atoms with Crippen molar-refractivity contribution in [2.75, 3.05) is 19.6 Å². The van der Waals surface area contributed by atoms with Crippen molar-refractivity contribution in [3.05, 3.63) is 287 Å². The zero-order valence-corrected chi connectivity index (χ0v) is 46.9. The van der Waals surface area contributed by atoms with Gasteiger partial charge in [0, 0.05) is 67.6 Å². The minimum Gasteiger partial charge on any atom is -0.310 e. The molecule has 13 aromatic rings. The van der Waals surface area contributed by atoms with Gasteiger partial charge >= 0.3 is 0 Å². The molecule has 0 atom stereocenters. The summed E-state index contributed by atoms with van der Waals surface area (Å²) >= 11 is 0. The number of aryl methyl sites for hydroxylation is 8. The van der Waals surface area contributed by atoms with E-state index in [4.69, 9.17) is 0 Å². The molecule has 0 N–H and O–H groups in total. The molecule has 13 rings (SSSR count). The quantitative estimate of drug-likeness (QED) is 0.0893. The van der Waals surface area contributed by atoms with Gasteiger partial charge in [0.2, 0.25) is 0 Å². The first-order chi connectivity index (χ1) is 38.9. The molecule has 388 valence electrons. The van der Waals surface area contributed by atoms with Crippen LogP contribution in [0.3, 0.4) is 0 Å². The van der Waals surface area contributed by atoms with Crippen LogP contribution in [0.15, 0.2) is 243 Å². The number of hydrogen-bond donors (Lipinski definition) is 0. The van der Waals surface area contributed by atoms with E-state index < -0.39 is 0 Å². The lowest BCUT2D eigenvalue weighted by atomic mass is 9.87. The van der Waals surface area contributed by atoms with Gasteiger partial charge in [-0.1, -0.05) is 154 Å². The Labute approximate surface area is 471 Å².